The Morgan fingerprint density at radius 2 is 1.86 bits per heavy atom. The minimum Gasteiger partial charge on any atom is -0.382 e. The van der Waals surface area contributed by atoms with Crippen molar-refractivity contribution in [3.63, 3.8) is 0 Å². The molecule has 0 bridgehead atoms. The molecule has 3 heteroatoms. The largest absolute Gasteiger partial charge is 0.382 e. The molecule has 1 heterocycles. The van der Waals surface area contributed by atoms with E-state index in [1.54, 1.807) is 0 Å². The van der Waals surface area contributed by atoms with E-state index in [4.69, 9.17) is 11.6 Å². The Morgan fingerprint density at radius 3 is 2.50 bits per heavy atom. The Bertz CT molecular complexity index is 419. The summed E-state index contributed by atoms with van der Waals surface area (Å²) in [6, 6.07) is 7.98. The van der Waals surface area contributed by atoms with Gasteiger partial charge in [-0.2, -0.15) is 0 Å². The highest BCUT2D eigenvalue weighted by Crippen LogP contribution is 2.29. The molecule has 2 nitrogen and oxygen atoms in total. The lowest BCUT2D eigenvalue weighted by molar-refractivity contribution is 0.565. The van der Waals surface area contributed by atoms with Crippen LogP contribution in [0.1, 0.15) is 11.1 Å². The van der Waals surface area contributed by atoms with Crippen LogP contribution in [0.15, 0.2) is 35.5 Å². The van der Waals surface area contributed by atoms with Crippen molar-refractivity contribution in [2.45, 2.75) is 0 Å². The molecule has 0 amide bonds. The minimum absolute atomic E-state index is 0.578. The van der Waals surface area contributed by atoms with E-state index < -0.39 is 0 Å². The number of nitrogens with zero attached hydrogens (tertiary/aromatic N) is 2. The van der Waals surface area contributed by atoms with E-state index in [-0.39, 0.29) is 0 Å². The summed E-state index contributed by atoms with van der Waals surface area (Å²) in [4.78, 5) is 6.26. The fourth-order valence-corrected chi connectivity index (χ4v) is 1.71. The molecule has 0 spiro atoms. The Balaban J connectivity index is 2.52. The Labute approximate surface area is 88.5 Å². The molecule has 1 aromatic rings. The van der Waals surface area contributed by atoms with E-state index in [1.165, 1.54) is 0 Å². The number of hydrogen-bond acceptors (Lipinski definition) is 2. The highest BCUT2D eigenvalue weighted by molar-refractivity contribution is 6.71. The van der Waals surface area contributed by atoms with Gasteiger partial charge in [0, 0.05) is 31.4 Å². The van der Waals surface area contributed by atoms with Crippen molar-refractivity contribution in [1.29, 1.82) is 0 Å². The van der Waals surface area contributed by atoms with Crippen LogP contribution in [0.3, 0.4) is 0 Å². The molecule has 0 unspecified atom stereocenters. The topological polar surface area (TPSA) is 15.6 Å². The van der Waals surface area contributed by atoms with E-state index in [0.29, 0.717) is 5.17 Å². The summed E-state index contributed by atoms with van der Waals surface area (Å²) in [7, 11) is 3.94. The van der Waals surface area contributed by atoms with Crippen LogP contribution in [-0.4, -0.2) is 24.2 Å². The van der Waals surface area contributed by atoms with Gasteiger partial charge in [0.2, 0.25) is 0 Å². The molecule has 0 N–H and O–H groups in total. The Hall–Kier alpha value is -1.28. The van der Waals surface area contributed by atoms with Gasteiger partial charge in [0.15, 0.2) is 0 Å². The van der Waals surface area contributed by atoms with Crippen LogP contribution in [0.2, 0.25) is 0 Å². The molecule has 0 saturated carbocycles. The second-order valence-corrected chi connectivity index (χ2v) is 3.78. The molecule has 0 radical (unpaired) electrons. The van der Waals surface area contributed by atoms with Crippen LogP contribution in [0.25, 0.3) is 5.70 Å². The molecule has 1 aromatic carbocycles. The summed E-state index contributed by atoms with van der Waals surface area (Å²) in [5.41, 5.74) is 3.05. The van der Waals surface area contributed by atoms with E-state index >= 15 is 0 Å². The van der Waals surface area contributed by atoms with E-state index in [0.717, 1.165) is 16.8 Å². The van der Waals surface area contributed by atoms with Gasteiger partial charge >= 0.3 is 0 Å². The lowest BCUT2D eigenvalue weighted by Gasteiger charge is -2.05. The first-order valence-corrected chi connectivity index (χ1v) is 4.78. The molecule has 0 aromatic heterocycles. The summed E-state index contributed by atoms with van der Waals surface area (Å²) in [5, 5.41) is 0.578. The number of rotatable bonds is 1. The van der Waals surface area contributed by atoms with Crippen molar-refractivity contribution >= 4 is 22.5 Å². The molecule has 14 heavy (non-hydrogen) atoms. The smallest absolute Gasteiger partial charge is 0.137 e. The van der Waals surface area contributed by atoms with Gasteiger partial charge in [-0.05, 0) is 0 Å². The number of aliphatic imine (C=N–C) groups is 1. The second kappa shape index (κ2) is 3.46. The monoisotopic (exact) mass is 206 g/mol. The highest BCUT2D eigenvalue weighted by atomic mass is 35.5. The highest BCUT2D eigenvalue weighted by Gasteiger charge is 2.17. The first-order chi connectivity index (χ1) is 6.68. The maximum atomic E-state index is 6.01. The van der Waals surface area contributed by atoms with Crippen LogP contribution < -0.4 is 0 Å². The Morgan fingerprint density at radius 1 is 1.21 bits per heavy atom. The van der Waals surface area contributed by atoms with Crippen molar-refractivity contribution < 1.29 is 0 Å². The predicted molar refractivity (Wildman–Crippen MR) is 60.5 cm³/mol. The third-order valence-electron chi connectivity index (χ3n) is 2.02. The van der Waals surface area contributed by atoms with E-state index in [9.17, 15) is 0 Å². The fourth-order valence-electron chi connectivity index (χ4n) is 1.46. The van der Waals surface area contributed by atoms with Crippen molar-refractivity contribution in [1.82, 2.24) is 4.90 Å². The molecule has 1 aliphatic heterocycles. The fraction of sp³-hybridized carbons (Fsp3) is 0.182. The SMILES string of the molecule is CN(C)/C=C1\N=C(Cl)c2ccccc21. The zero-order valence-electron chi connectivity index (χ0n) is 8.16. The third kappa shape index (κ3) is 1.53. The molecular formula is C11H11ClN2. The summed E-state index contributed by atoms with van der Waals surface area (Å²) in [6.45, 7) is 0. The van der Waals surface area contributed by atoms with Gasteiger partial charge < -0.3 is 4.90 Å². The van der Waals surface area contributed by atoms with E-state index in [1.807, 2.05) is 49.5 Å². The molecule has 0 aliphatic carbocycles. The van der Waals surface area contributed by atoms with Crippen LogP contribution in [0.4, 0.5) is 0 Å². The van der Waals surface area contributed by atoms with Gasteiger partial charge in [0.25, 0.3) is 0 Å². The second-order valence-electron chi connectivity index (χ2n) is 3.43. The van der Waals surface area contributed by atoms with Gasteiger partial charge in [-0.1, -0.05) is 35.9 Å². The maximum absolute atomic E-state index is 6.01. The van der Waals surface area contributed by atoms with Crippen molar-refractivity contribution in [3.8, 4) is 0 Å². The van der Waals surface area contributed by atoms with Crippen molar-refractivity contribution in [2.75, 3.05) is 14.1 Å². The van der Waals surface area contributed by atoms with Gasteiger partial charge in [0.1, 0.15) is 5.17 Å². The van der Waals surface area contributed by atoms with Gasteiger partial charge in [-0.15, -0.1) is 0 Å². The standard InChI is InChI=1S/C11H11ClN2/c1-14(2)7-10-8-5-3-4-6-9(8)11(12)13-10/h3-7H,1-2H3/b10-7-. The molecule has 1 aliphatic rings. The average Bonchev–Trinajstić information content (AvgIpc) is 2.44. The van der Waals surface area contributed by atoms with Crippen LogP contribution in [0, 0.1) is 0 Å². The number of halogens is 1. The zero-order chi connectivity index (χ0) is 10.1. The lowest BCUT2D eigenvalue weighted by atomic mass is 10.1. The summed E-state index contributed by atoms with van der Waals surface area (Å²) < 4.78 is 0. The molecule has 0 fully saturated rings. The third-order valence-corrected chi connectivity index (χ3v) is 2.31. The summed E-state index contributed by atoms with van der Waals surface area (Å²) in [5.74, 6) is 0. The Kier molecular flexibility index (Phi) is 2.30. The van der Waals surface area contributed by atoms with Crippen molar-refractivity contribution in [2.24, 2.45) is 4.99 Å². The summed E-state index contributed by atoms with van der Waals surface area (Å²) >= 11 is 6.01. The zero-order valence-corrected chi connectivity index (χ0v) is 8.92. The quantitative estimate of drug-likeness (QED) is 0.690. The van der Waals surface area contributed by atoms with Gasteiger partial charge in [-0.3, -0.25) is 0 Å². The molecular weight excluding hydrogens is 196 g/mol. The maximum Gasteiger partial charge on any atom is 0.137 e. The van der Waals surface area contributed by atoms with Gasteiger partial charge in [0.05, 0.1) is 5.70 Å². The van der Waals surface area contributed by atoms with Crippen LogP contribution in [0.5, 0.6) is 0 Å². The molecule has 0 saturated heterocycles. The first kappa shape index (κ1) is 9.28. The molecule has 2 rings (SSSR count). The lowest BCUT2D eigenvalue weighted by Crippen LogP contribution is -2.01. The minimum atomic E-state index is 0.578. The van der Waals surface area contributed by atoms with Crippen molar-refractivity contribution in [3.05, 3.63) is 41.6 Å². The first-order valence-electron chi connectivity index (χ1n) is 4.40. The van der Waals surface area contributed by atoms with Gasteiger partial charge in [-0.25, -0.2) is 4.99 Å². The van der Waals surface area contributed by atoms with Crippen LogP contribution in [-0.2, 0) is 0 Å². The average molecular weight is 207 g/mol. The van der Waals surface area contributed by atoms with E-state index in [2.05, 4.69) is 4.99 Å². The normalized spacial score (nSPS) is 16.8. The number of hydrogen-bond donors (Lipinski definition) is 0. The number of fused-ring (bicyclic) bond motifs is 1. The number of benzene rings is 1. The predicted octanol–water partition coefficient (Wildman–Crippen LogP) is 2.55. The molecule has 72 valence electrons. The van der Waals surface area contributed by atoms with Crippen LogP contribution >= 0.6 is 11.6 Å². The molecule has 0 atom stereocenters. The summed E-state index contributed by atoms with van der Waals surface area (Å²) in [6.07, 6.45) is 1.97.